The van der Waals surface area contributed by atoms with E-state index < -0.39 is 0 Å². The van der Waals surface area contributed by atoms with Crippen LogP contribution in [0.4, 0.5) is 0 Å². The molecule has 7 heteroatoms. The van der Waals surface area contributed by atoms with Crippen molar-refractivity contribution < 1.29 is 9.53 Å². The van der Waals surface area contributed by atoms with Crippen LogP contribution in [0.2, 0.25) is 0 Å². The van der Waals surface area contributed by atoms with Gasteiger partial charge in [0.15, 0.2) is 0 Å². The third kappa shape index (κ3) is 4.61. The molecule has 0 saturated carbocycles. The van der Waals surface area contributed by atoms with E-state index in [1.54, 1.807) is 4.52 Å². The Bertz CT molecular complexity index is 944. The van der Waals surface area contributed by atoms with Crippen molar-refractivity contribution >= 4 is 11.7 Å². The van der Waals surface area contributed by atoms with Gasteiger partial charge in [-0.1, -0.05) is 6.07 Å². The maximum atomic E-state index is 12.2. The maximum absolute atomic E-state index is 12.2. The van der Waals surface area contributed by atoms with Crippen LogP contribution < -0.4 is 10.1 Å². The van der Waals surface area contributed by atoms with Gasteiger partial charge < -0.3 is 10.1 Å². The first-order chi connectivity index (χ1) is 12.9. The summed E-state index contributed by atoms with van der Waals surface area (Å²) in [5.74, 6) is 1.42. The minimum absolute atomic E-state index is 0.00323. The zero-order valence-corrected chi connectivity index (χ0v) is 16.2. The highest BCUT2D eigenvalue weighted by Crippen LogP contribution is 2.16. The van der Waals surface area contributed by atoms with Gasteiger partial charge in [0.2, 0.25) is 5.91 Å². The predicted octanol–water partition coefficient (Wildman–Crippen LogP) is 2.49. The molecule has 3 rings (SSSR count). The summed E-state index contributed by atoms with van der Waals surface area (Å²) in [6.45, 7) is 8.91. The van der Waals surface area contributed by atoms with Crippen molar-refractivity contribution in [1.29, 1.82) is 0 Å². The van der Waals surface area contributed by atoms with E-state index in [-0.39, 0.29) is 5.91 Å². The lowest BCUT2D eigenvalue weighted by molar-refractivity contribution is -0.121. The molecule has 0 saturated heterocycles. The van der Waals surface area contributed by atoms with E-state index in [0.717, 1.165) is 33.8 Å². The van der Waals surface area contributed by atoms with Gasteiger partial charge in [-0.3, -0.25) is 4.79 Å². The van der Waals surface area contributed by atoms with Gasteiger partial charge in [0.25, 0.3) is 5.78 Å². The van der Waals surface area contributed by atoms with Crippen molar-refractivity contribution in [2.45, 2.75) is 40.5 Å². The summed E-state index contributed by atoms with van der Waals surface area (Å²) in [5.41, 5.74) is 5.23. The van der Waals surface area contributed by atoms with Crippen molar-refractivity contribution in [3.8, 4) is 5.75 Å². The first-order valence-electron chi connectivity index (χ1n) is 9.07. The van der Waals surface area contributed by atoms with Crippen LogP contribution in [0.15, 0.2) is 24.5 Å². The third-order valence-corrected chi connectivity index (χ3v) is 4.48. The highest BCUT2D eigenvalue weighted by atomic mass is 16.5. The number of carbonyl (C=O) groups excluding carboxylic acids is 1. The van der Waals surface area contributed by atoms with Crippen molar-refractivity contribution in [1.82, 2.24) is 24.9 Å². The fourth-order valence-electron chi connectivity index (χ4n) is 3.22. The Morgan fingerprint density at radius 2 is 1.89 bits per heavy atom. The smallest absolute Gasteiger partial charge is 0.252 e. The number of hydrogen-bond acceptors (Lipinski definition) is 5. The predicted molar refractivity (Wildman–Crippen MR) is 103 cm³/mol. The SMILES string of the molecule is Cc1cc(C)cc(OCCNC(=O)CCc2c(C)nc3ncnn3c2C)c1. The first kappa shape index (κ1) is 18.8. The van der Waals surface area contributed by atoms with Crippen LogP contribution in [0.3, 0.4) is 0 Å². The number of amides is 1. The molecule has 0 fully saturated rings. The van der Waals surface area contributed by atoms with Gasteiger partial charge >= 0.3 is 0 Å². The molecule has 0 atom stereocenters. The Labute approximate surface area is 158 Å². The van der Waals surface area contributed by atoms with Crippen LogP contribution in [0.1, 0.15) is 34.5 Å². The molecule has 0 unspecified atom stereocenters. The highest BCUT2D eigenvalue weighted by Gasteiger charge is 2.12. The molecule has 7 nitrogen and oxygen atoms in total. The zero-order valence-electron chi connectivity index (χ0n) is 16.2. The minimum Gasteiger partial charge on any atom is -0.492 e. The molecule has 1 N–H and O–H groups in total. The summed E-state index contributed by atoms with van der Waals surface area (Å²) < 4.78 is 7.42. The molecule has 27 heavy (non-hydrogen) atoms. The number of aryl methyl sites for hydroxylation is 4. The number of benzene rings is 1. The Balaban J connectivity index is 1.47. The number of nitrogens with one attached hydrogen (secondary N) is 1. The first-order valence-corrected chi connectivity index (χ1v) is 9.07. The summed E-state index contributed by atoms with van der Waals surface area (Å²) in [4.78, 5) is 20.7. The quantitative estimate of drug-likeness (QED) is 0.649. The lowest BCUT2D eigenvalue weighted by Crippen LogP contribution is -2.28. The van der Waals surface area contributed by atoms with E-state index in [9.17, 15) is 4.79 Å². The van der Waals surface area contributed by atoms with Crippen molar-refractivity contribution in [3.05, 3.63) is 52.6 Å². The van der Waals surface area contributed by atoms with Gasteiger partial charge in [0, 0.05) is 17.8 Å². The lowest BCUT2D eigenvalue weighted by atomic mass is 10.1. The largest absolute Gasteiger partial charge is 0.492 e. The standard InChI is InChI=1S/C20H25N5O2/c1-13-9-14(2)11-17(10-13)27-8-7-21-19(26)6-5-18-15(3)24-20-22-12-23-25(20)16(18)4/h9-12H,5-8H2,1-4H3,(H,21,26). The van der Waals surface area contributed by atoms with Crippen molar-refractivity contribution in [2.24, 2.45) is 0 Å². The van der Waals surface area contributed by atoms with Gasteiger partial charge in [-0.25, -0.2) is 9.50 Å². The number of fused-ring (bicyclic) bond motifs is 1. The molecule has 0 aliphatic heterocycles. The van der Waals surface area contributed by atoms with Crippen LogP contribution in [0, 0.1) is 27.7 Å². The monoisotopic (exact) mass is 367 g/mol. The normalized spacial score (nSPS) is 11.0. The summed E-state index contributed by atoms with van der Waals surface area (Å²) >= 11 is 0. The number of ether oxygens (including phenoxy) is 1. The Kier molecular flexibility index (Phi) is 5.69. The molecular formula is C20H25N5O2. The number of aromatic nitrogens is 4. The molecular weight excluding hydrogens is 342 g/mol. The Morgan fingerprint density at radius 3 is 2.63 bits per heavy atom. The number of hydrogen-bond donors (Lipinski definition) is 1. The fraction of sp³-hybridized carbons (Fsp3) is 0.400. The third-order valence-electron chi connectivity index (χ3n) is 4.48. The van der Waals surface area contributed by atoms with Crippen LogP contribution in [-0.4, -0.2) is 38.6 Å². The lowest BCUT2D eigenvalue weighted by Gasteiger charge is -2.11. The van der Waals surface area contributed by atoms with E-state index in [1.807, 2.05) is 39.8 Å². The second-order valence-corrected chi connectivity index (χ2v) is 6.75. The molecule has 0 aliphatic carbocycles. The van der Waals surface area contributed by atoms with Gasteiger partial charge in [0.05, 0.1) is 6.54 Å². The summed E-state index contributed by atoms with van der Waals surface area (Å²) in [6.07, 6.45) is 2.50. The topological polar surface area (TPSA) is 81.4 Å². The molecule has 0 aliphatic rings. The zero-order chi connectivity index (χ0) is 19.4. The number of rotatable bonds is 7. The van der Waals surface area contributed by atoms with E-state index in [0.29, 0.717) is 31.8 Å². The molecule has 142 valence electrons. The maximum Gasteiger partial charge on any atom is 0.252 e. The van der Waals surface area contributed by atoms with Crippen molar-refractivity contribution in [3.63, 3.8) is 0 Å². The van der Waals surface area contributed by atoms with Gasteiger partial charge in [-0.15, -0.1) is 0 Å². The average Bonchev–Trinajstić information content (AvgIpc) is 3.06. The second kappa shape index (κ2) is 8.16. The molecule has 0 bridgehead atoms. The van der Waals surface area contributed by atoms with Crippen LogP contribution >= 0.6 is 0 Å². The van der Waals surface area contributed by atoms with Crippen molar-refractivity contribution in [2.75, 3.05) is 13.2 Å². The van der Waals surface area contributed by atoms with E-state index >= 15 is 0 Å². The number of carbonyl (C=O) groups is 1. The van der Waals surface area contributed by atoms with Gasteiger partial charge in [-0.2, -0.15) is 10.1 Å². The van der Waals surface area contributed by atoms with Crippen LogP contribution in [0.25, 0.3) is 5.78 Å². The molecule has 1 aromatic carbocycles. The highest BCUT2D eigenvalue weighted by molar-refractivity contribution is 5.76. The fourth-order valence-corrected chi connectivity index (χ4v) is 3.22. The Morgan fingerprint density at radius 1 is 1.15 bits per heavy atom. The Hall–Kier alpha value is -2.96. The molecule has 2 heterocycles. The molecule has 3 aromatic rings. The minimum atomic E-state index is -0.00323. The molecule has 0 radical (unpaired) electrons. The van der Waals surface area contributed by atoms with E-state index in [4.69, 9.17) is 4.74 Å². The summed E-state index contributed by atoms with van der Waals surface area (Å²) in [7, 11) is 0. The van der Waals surface area contributed by atoms with E-state index in [2.05, 4.69) is 26.4 Å². The number of nitrogens with zero attached hydrogens (tertiary/aromatic N) is 4. The average molecular weight is 367 g/mol. The van der Waals surface area contributed by atoms with Gasteiger partial charge in [-0.05, 0) is 62.9 Å². The second-order valence-electron chi connectivity index (χ2n) is 6.75. The van der Waals surface area contributed by atoms with Crippen LogP contribution in [-0.2, 0) is 11.2 Å². The summed E-state index contributed by atoms with van der Waals surface area (Å²) in [6, 6.07) is 6.09. The molecule has 1 amide bonds. The van der Waals surface area contributed by atoms with Crippen LogP contribution in [0.5, 0.6) is 5.75 Å². The summed E-state index contributed by atoms with van der Waals surface area (Å²) in [5, 5.41) is 7.08. The molecule has 2 aromatic heterocycles. The van der Waals surface area contributed by atoms with Gasteiger partial charge in [0.1, 0.15) is 18.7 Å². The van der Waals surface area contributed by atoms with E-state index in [1.165, 1.54) is 6.33 Å². The molecule has 0 spiro atoms.